The molecule has 2 rings (SSSR count). The summed E-state index contributed by atoms with van der Waals surface area (Å²) in [6, 6.07) is 0. The number of nitrogens with one attached hydrogen (secondary N) is 1. The first-order valence-electron chi connectivity index (χ1n) is 6.89. The van der Waals surface area contributed by atoms with Crippen molar-refractivity contribution in [2.75, 3.05) is 39.8 Å². The van der Waals surface area contributed by atoms with Crippen molar-refractivity contribution in [1.82, 2.24) is 15.1 Å². The van der Waals surface area contributed by atoms with E-state index in [9.17, 15) is 9.59 Å². The van der Waals surface area contributed by atoms with Crippen molar-refractivity contribution in [3.05, 3.63) is 0 Å². The van der Waals surface area contributed by atoms with Gasteiger partial charge in [0.05, 0.1) is 6.54 Å². The van der Waals surface area contributed by atoms with Gasteiger partial charge < -0.3 is 15.1 Å². The smallest absolute Gasteiger partial charge is 0.241 e. The molecule has 2 aliphatic heterocycles. The van der Waals surface area contributed by atoms with Gasteiger partial charge in [0.2, 0.25) is 11.8 Å². The van der Waals surface area contributed by atoms with Crippen LogP contribution in [0.5, 0.6) is 0 Å². The zero-order chi connectivity index (χ0) is 13.0. The van der Waals surface area contributed by atoms with Gasteiger partial charge in [-0.2, -0.15) is 0 Å². The molecule has 102 valence electrons. The van der Waals surface area contributed by atoms with Crippen LogP contribution in [0, 0.1) is 5.92 Å². The third-order valence-corrected chi connectivity index (χ3v) is 3.95. The lowest BCUT2D eigenvalue weighted by Crippen LogP contribution is -2.38. The Labute approximate surface area is 108 Å². The molecular weight excluding hydrogens is 230 g/mol. The van der Waals surface area contributed by atoms with E-state index in [0.717, 1.165) is 39.0 Å². The van der Waals surface area contributed by atoms with Crippen LogP contribution < -0.4 is 5.32 Å². The van der Waals surface area contributed by atoms with Crippen molar-refractivity contribution in [1.29, 1.82) is 0 Å². The minimum atomic E-state index is 0.0587. The molecule has 0 aromatic rings. The van der Waals surface area contributed by atoms with Gasteiger partial charge in [-0.05, 0) is 38.3 Å². The third kappa shape index (κ3) is 3.45. The molecule has 0 saturated carbocycles. The number of likely N-dealkylation sites (N-methyl/N-ethyl adjacent to an activating group) is 1. The first-order chi connectivity index (χ1) is 8.66. The first kappa shape index (κ1) is 13.3. The van der Waals surface area contributed by atoms with E-state index >= 15 is 0 Å². The van der Waals surface area contributed by atoms with Crippen molar-refractivity contribution in [2.24, 2.45) is 5.92 Å². The van der Waals surface area contributed by atoms with Crippen molar-refractivity contribution >= 4 is 11.8 Å². The molecule has 1 atom stereocenters. The molecule has 1 N–H and O–H groups in total. The van der Waals surface area contributed by atoms with Crippen molar-refractivity contribution in [2.45, 2.75) is 25.7 Å². The van der Waals surface area contributed by atoms with E-state index in [4.69, 9.17) is 0 Å². The Morgan fingerprint density at radius 3 is 3.00 bits per heavy atom. The van der Waals surface area contributed by atoms with Gasteiger partial charge in [-0.3, -0.25) is 9.59 Å². The van der Waals surface area contributed by atoms with Gasteiger partial charge >= 0.3 is 0 Å². The van der Waals surface area contributed by atoms with Crippen molar-refractivity contribution < 1.29 is 9.59 Å². The number of nitrogens with zero attached hydrogens (tertiary/aromatic N) is 2. The lowest BCUT2D eigenvalue weighted by atomic mass is 10.0. The fourth-order valence-electron chi connectivity index (χ4n) is 2.65. The summed E-state index contributed by atoms with van der Waals surface area (Å²) in [5.41, 5.74) is 0. The average molecular weight is 253 g/mol. The number of rotatable bonds is 3. The average Bonchev–Trinajstić information content (AvgIpc) is 2.81. The Morgan fingerprint density at radius 2 is 2.28 bits per heavy atom. The molecule has 5 heteroatoms. The molecule has 0 spiro atoms. The van der Waals surface area contributed by atoms with Gasteiger partial charge in [-0.1, -0.05) is 0 Å². The minimum Gasteiger partial charge on any atom is -0.344 e. The fourth-order valence-corrected chi connectivity index (χ4v) is 2.65. The van der Waals surface area contributed by atoms with E-state index in [-0.39, 0.29) is 18.4 Å². The Bertz CT molecular complexity index is 313. The van der Waals surface area contributed by atoms with Crippen LogP contribution in [0.25, 0.3) is 0 Å². The van der Waals surface area contributed by atoms with Gasteiger partial charge in [-0.25, -0.2) is 0 Å². The quantitative estimate of drug-likeness (QED) is 0.774. The molecule has 5 nitrogen and oxygen atoms in total. The summed E-state index contributed by atoms with van der Waals surface area (Å²) in [5, 5.41) is 3.31. The lowest BCUT2D eigenvalue weighted by molar-refractivity contribution is -0.138. The van der Waals surface area contributed by atoms with Crippen molar-refractivity contribution in [3.63, 3.8) is 0 Å². The van der Waals surface area contributed by atoms with Gasteiger partial charge in [-0.15, -0.1) is 0 Å². The second kappa shape index (κ2) is 6.18. The molecule has 2 fully saturated rings. The monoisotopic (exact) mass is 253 g/mol. The topological polar surface area (TPSA) is 52.6 Å². The summed E-state index contributed by atoms with van der Waals surface area (Å²) >= 11 is 0. The van der Waals surface area contributed by atoms with E-state index in [0.29, 0.717) is 12.3 Å². The van der Waals surface area contributed by atoms with E-state index in [1.165, 1.54) is 6.42 Å². The lowest BCUT2D eigenvalue weighted by Gasteiger charge is -2.20. The molecule has 0 aliphatic carbocycles. The van der Waals surface area contributed by atoms with Gasteiger partial charge in [0.1, 0.15) is 0 Å². The second-order valence-corrected chi connectivity index (χ2v) is 5.38. The summed E-state index contributed by atoms with van der Waals surface area (Å²) in [7, 11) is 1.81. The Kier molecular flexibility index (Phi) is 4.58. The molecule has 0 bridgehead atoms. The molecule has 0 aromatic carbocycles. The normalized spacial score (nSPS) is 25.4. The molecule has 0 aromatic heterocycles. The van der Waals surface area contributed by atoms with E-state index in [2.05, 4.69) is 5.32 Å². The molecular formula is C13H23N3O2. The molecule has 2 aliphatic rings. The summed E-state index contributed by atoms with van der Waals surface area (Å²) in [6.45, 7) is 3.85. The predicted octanol–water partition coefficient (Wildman–Crippen LogP) is 0.0668. The second-order valence-electron chi connectivity index (χ2n) is 5.38. The maximum absolute atomic E-state index is 12.1. The Balaban J connectivity index is 1.78. The van der Waals surface area contributed by atoms with Crippen LogP contribution in [0.1, 0.15) is 25.7 Å². The molecule has 2 saturated heterocycles. The van der Waals surface area contributed by atoms with Crippen molar-refractivity contribution in [3.8, 4) is 0 Å². The number of carbonyl (C=O) groups excluding carboxylic acids is 2. The third-order valence-electron chi connectivity index (χ3n) is 3.95. The SMILES string of the molecule is CN1CCCN(C(=O)CCC2CCNC2)CC1=O. The zero-order valence-electron chi connectivity index (χ0n) is 11.2. The maximum atomic E-state index is 12.1. The standard InChI is InChI=1S/C13H23N3O2/c1-15-7-2-8-16(10-13(15)18)12(17)4-3-11-5-6-14-9-11/h11,14H,2-10H2,1H3. The van der Waals surface area contributed by atoms with E-state index in [1.54, 1.807) is 16.8 Å². The van der Waals surface area contributed by atoms with Crippen LogP contribution >= 0.6 is 0 Å². The van der Waals surface area contributed by atoms with E-state index in [1.807, 2.05) is 0 Å². The fraction of sp³-hybridized carbons (Fsp3) is 0.846. The number of hydrogen-bond donors (Lipinski definition) is 1. The van der Waals surface area contributed by atoms with Crippen LogP contribution in [0.3, 0.4) is 0 Å². The number of hydrogen-bond acceptors (Lipinski definition) is 3. The van der Waals surface area contributed by atoms with Gasteiger partial charge in [0.25, 0.3) is 0 Å². The Morgan fingerprint density at radius 1 is 1.44 bits per heavy atom. The minimum absolute atomic E-state index is 0.0587. The maximum Gasteiger partial charge on any atom is 0.241 e. The van der Waals surface area contributed by atoms with Gasteiger partial charge in [0, 0.05) is 26.6 Å². The highest BCUT2D eigenvalue weighted by Crippen LogP contribution is 2.15. The largest absolute Gasteiger partial charge is 0.344 e. The molecule has 18 heavy (non-hydrogen) atoms. The molecule has 2 amide bonds. The number of carbonyl (C=O) groups is 2. The molecule has 0 radical (unpaired) electrons. The summed E-state index contributed by atoms with van der Waals surface area (Å²) in [4.78, 5) is 27.3. The first-order valence-corrected chi connectivity index (χ1v) is 6.89. The highest BCUT2D eigenvalue weighted by molar-refractivity contribution is 5.85. The summed E-state index contributed by atoms with van der Waals surface area (Å²) < 4.78 is 0. The number of amides is 2. The molecule has 2 heterocycles. The zero-order valence-corrected chi connectivity index (χ0v) is 11.2. The highest BCUT2D eigenvalue weighted by Gasteiger charge is 2.23. The predicted molar refractivity (Wildman–Crippen MR) is 69.0 cm³/mol. The highest BCUT2D eigenvalue weighted by atomic mass is 16.2. The van der Waals surface area contributed by atoms with Crippen LogP contribution in [0.2, 0.25) is 0 Å². The molecule has 1 unspecified atom stereocenters. The van der Waals surface area contributed by atoms with Gasteiger partial charge in [0.15, 0.2) is 0 Å². The van der Waals surface area contributed by atoms with E-state index < -0.39 is 0 Å². The Hall–Kier alpha value is -1.10. The van der Waals surface area contributed by atoms with Crippen LogP contribution in [-0.4, -0.2) is 61.4 Å². The summed E-state index contributed by atoms with van der Waals surface area (Å²) in [5.74, 6) is 0.841. The van der Waals surface area contributed by atoms with Crippen LogP contribution in [0.15, 0.2) is 0 Å². The van der Waals surface area contributed by atoms with Crippen LogP contribution in [0.4, 0.5) is 0 Å². The summed E-state index contributed by atoms with van der Waals surface area (Å²) in [6.07, 6.45) is 3.60. The van der Waals surface area contributed by atoms with Crippen LogP contribution in [-0.2, 0) is 9.59 Å².